The summed E-state index contributed by atoms with van der Waals surface area (Å²) in [5.41, 5.74) is -0.848. The van der Waals surface area contributed by atoms with Gasteiger partial charge in [0.25, 0.3) is 0 Å². The average molecular weight is 247 g/mol. The van der Waals surface area contributed by atoms with Gasteiger partial charge in [0.1, 0.15) is 5.56 Å². The molecule has 16 heavy (non-hydrogen) atoms. The quantitative estimate of drug-likeness (QED) is 0.750. The first-order chi connectivity index (χ1) is 7.52. The lowest BCUT2D eigenvalue weighted by Gasteiger charge is -2.07. The summed E-state index contributed by atoms with van der Waals surface area (Å²) < 4.78 is 22.4. The Hall–Kier alpha value is -1.62. The Balaban J connectivity index is 3.38. The van der Waals surface area contributed by atoms with Crippen LogP contribution >= 0.6 is 11.6 Å². The maximum Gasteiger partial charge on any atom is 0.342 e. The van der Waals surface area contributed by atoms with Crippen LogP contribution in [0.1, 0.15) is 20.7 Å². The van der Waals surface area contributed by atoms with Crippen molar-refractivity contribution < 1.29 is 23.5 Å². The molecule has 0 amide bonds. The van der Waals surface area contributed by atoms with Crippen molar-refractivity contribution in [3.8, 4) is 0 Å². The Kier molecular flexibility index (Phi) is 3.84. The van der Waals surface area contributed by atoms with Crippen LogP contribution in [-0.2, 0) is 9.47 Å². The number of halogens is 2. The average Bonchev–Trinajstić information content (AvgIpc) is 2.28. The molecule has 4 nitrogen and oxygen atoms in total. The van der Waals surface area contributed by atoms with Crippen LogP contribution in [0.15, 0.2) is 12.1 Å². The third-order valence-corrected chi connectivity index (χ3v) is 2.20. The maximum atomic E-state index is 13.7. The van der Waals surface area contributed by atoms with Crippen LogP contribution in [0.25, 0.3) is 0 Å². The second kappa shape index (κ2) is 4.94. The fraction of sp³-hybridized carbons (Fsp3) is 0.200. The molecule has 0 fully saturated rings. The van der Waals surface area contributed by atoms with E-state index in [0.29, 0.717) is 0 Å². The SMILES string of the molecule is COC(=O)c1ccc(Cl)c(C(=O)OC)c1F. The molecule has 6 heteroatoms. The first-order valence-corrected chi connectivity index (χ1v) is 4.55. The van der Waals surface area contributed by atoms with E-state index < -0.39 is 23.3 Å². The first-order valence-electron chi connectivity index (χ1n) is 4.17. The van der Waals surface area contributed by atoms with Crippen molar-refractivity contribution in [2.75, 3.05) is 14.2 Å². The van der Waals surface area contributed by atoms with Gasteiger partial charge in [0, 0.05) is 0 Å². The molecule has 0 aliphatic heterocycles. The van der Waals surface area contributed by atoms with Gasteiger partial charge in [-0.2, -0.15) is 0 Å². The number of esters is 2. The lowest BCUT2D eigenvalue weighted by Crippen LogP contribution is -2.11. The summed E-state index contributed by atoms with van der Waals surface area (Å²) in [5, 5.41) is -0.128. The van der Waals surface area contributed by atoms with Gasteiger partial charge >= 0.3 is 11.9 Å². The highest BCUT2D eigenvalue weighted by Crippen LogP contribution is 2.23. The molecule has 0 unspecified atom stereocenters. The van der Waals surface area contributed by atoms with Gasteiger partial charge in [-0.3, -0.25) is 0 Å². The smallest absolute Gasteiger partial charge is 0.342 e. The number of ether oxygens (including phenoxy) is 2. The zero-order valence-electron chi connectivity index (χ0n) is 8.54. The molecule has 0 aromatic heterocycles. The van der Waals surface area contributed by atoms with E-state index in [2.05, 4.69) is 9.47 Å². The van der Waals surface area contributed by atoms with Crippen LogP contribution in [0.2, 0.25) is 5.02 Å². The number of benzene rings is 1. The first kappa shape index (κ1) is 12.4. The van der Waals surface area contributed by atoms with E-state index in [0.717, 1.165) is 20.3 Å². The highest BCUT2D eigenvalue weighted by atomic mass is 35.5. The van der Waals surface area contributed by atoms with Crippen LogP contribution in [0.4, 0.5) is 4.39 Å². The van der Waals surface area contributed by atoms with Crippen LogP contribution in [-0.4, -0.2) is 26.2 Å². The van der Waals surface area contributed by atoms with Gasteiger partial charge in [-0.15, -0.1) is 0 Å². The van der Waals surface area contributed by atoms with Crippen LogP contribution in [0.3, 0.4) is 0 Å². The summed E-state index contributed by atoms with van der Waals surface area (Å²) in [6.07, 6.45) is 0. The van der Waals surface area contributed by atoms with Crippen molar-refractivity contribution in [3.05, 3.63) is 34.1 Å². The summed E-state index contributed by atoms with van der Waals surface area (Å²) in [5.74, 6) is -2.89. The van der Waals surface area contributed by atoms with Gasteiger partial charge in [-0.25, -0.2) is 14.0 Å². The molecule has 0 saturated carbocycles. The van der Waals surface area contributed by atoms with E-state index >= 15 is 0 Å². The summed E-state index contributed by atoms with van der Waals surface area (Å²) in [6, 6.07) is 2.36. The molecule has 0 heterocycles. The van der Waals surface area contributed by atoms with Crippen molar-refractivity contribution in [1.29, 1.82) is 0 Å². The number of hydrogen-bond donors (Lipinski definition) is 0. The molecular weight excluding hydrogens is 239 g/mol. The number of carbonyl (C=O) groups is 2. The largest absolute Gasteiger partial charge is 0.465 e. The van der Waals surface area contributed by atoms with E-state index in [1.165, 1.54) is 6.07 Å². The standard InChI is InChI=1S/C10H8ClFO4/c1-15-9(13)5-3-4-6(11)7(8(5)12)10(14)16-2/h3-4H,1-2H3. The van der Waals surface area contributed by atoms with E-state index in [-0.39, 0.29) is 10.6 Å². The van der Waals surface area contributed by atoms with Gasteiger partial charge in [-0.1, -0.05) is 11.6 Å². The molecule has 1 aromatic rings. The van der Waals surface area contributed by atoms with Crippen LogP contribution in [0.5, 0.6) is 0 Å². The molecule has 0 saturated heterocycles. The number of hydrogen-bond acceptors (Lipinski definition) is 4. The van der Waals surface area contributed by atoms with Gasteiger partial charge in [0.15, 0.2) is 5.82 Å². The Morgan fingerprint density at radius 3 is 2.25 bits per heavy atom. The second-order valence-electron chi connectivity index (χ2n) is 2.77. The minimum atomic E-state index is -1.05. The highest BCUT2D eigenvalue weighted by Gasteiger charge is 2.23. The van der Waals surface area contributed by atoms with Gasteiger partial charge in [0.2, 0.25) is 0 Å². The zero-order valence-corrected chi connectivity index (χ0v) is 9.30. The third kappa shape index (κ3) is 2.14. The number of carbonyl (C=O) groups excluding carboxylic acids is 2. The molecule has 0 aliphatic carbocycles. The highest BCUT2D eigenvalue weighted by molar-refractivity contribution is 6.33. The topological polar surface area (TPSA) is 52.6 Å². The van der Waals surface area contributed by atoms with Crippen LogP contribution in [0, 0.1) is 5.82 Å². The van der Waals surface area contributed by atoms with E-state index in [9.17, 15) is 14.0 Å². The zero-order chi connectivity index (χ0) is 12.3. The minimum Gasteiger partial charge on any atom is -0.465 e. The summed E-state index contributed by atoms with van der Waals surface area (Å²) >= 11 is 5.63. The Morgan fingerprint density at radius 1 is 1.19 bits per heavy atom. The van der Waals surface area contributed by atoms with Gasteiger partial charge in [0.05, 0.1) is 24.8 Å². The molecule has 86 valence electrons. The maximum absolute atomic E-state index is 13.7. The van der Waals surface area contributed by atoms with E-state index in [1.54, 1.807) is 0 Å². The molecule has 1 rings (SSSR count). The lowest BCUT2D eigenvalue weighted by molar-refractivity contribution is 0.0589. The van der Waals surface area contributed by atoms with Gasteiger partial charge in [-0.05, 0) is 12.1 Å². The predicted octanol–water partition coefficient (Wildman–Crippen LogP) is 2.05. The molecule has 0 bridgehead atoms. The number of rotatable bonds is 2. The Bertz CT molecular complexity index is 445. The van der Waals surface area contributed by atoms with Crippen molar-refractivity contribution in [2.45, 2.75) is 0 Å². The van der Waals surface area contributed by atoms with Crippen molar-refractivity contribution in [2.24, 2.45) is 0 Å². The molecule has 0 radical (unpaired) electrons. The van der Waals surface area contributed by atoms with Crippen molar-refractivity contribution in [3.63, 3.8) is 0 Å². The number of methoxy groups -OCH3 is 2. The fourth-order valence-corrected chi connectivity index (χ4v) is 1.33. The summed E-state index contributed by atoms with van der Waals surface area (Å²) in [6.45, 7) is 0. The fourth-order valence-electron chi connectivity index (χ4n) is 1.11. The molecule has 0 N–H and O–H groups in total. The Labute approximate surface area is 95.9 Å². The van der Waals surface area contributed by atoms with Crippen molar-refractivity contribution >= 4 is 23.5 Å². The van der Waals surface area contributed by atoms with E-state index in [4.69, 9.17) is 11.6 Å². The third-order valence-electron chi connectivity index (χ3n) is 1.89. The lowest BCUT2D eigenvalue weighted by atomic mass is 10.1. The normalized spacial score (nSPS) is 9.75. The Morgan fingerprint density at radius 2 is 1.75 bits per heavy atom. The minimum absolute atomic E-state index is 0.128. The predicted molar refractivity (Wildman–Crippen MR) is 54.1 cm³/mol. The molecule has 0 aliphatic rings. The van der Waals surface area contributed by atoms with Crippen molar-refractivity contribution in [1.82, 2.24) is 0 Å². The summed E-state index contributed by atoms with van der Waals surface area (Å²) in [4.78, 5) is 22.4. The molecule has 1 aromatic carbocycles. The second-order valence-corrected chi connectivity index (χ2v) is 3.17. The molecule has 0 spiro atoms. The van der Waals surface area contributed by atoms with E-state index in [1.807, 2.05) is 0 Å². The summed E-state index contributed by atoms with van der Waals surface area (Å²) in [7, 11) is 2.19. The molecule has 0 atom stereocenters. The monoisotopic (exact) mass is 246 g/mol. The van der Waals surface area contributed by atoms with Crippen LogP contribution < -0.4 is 0 Å². The van der Waals surface area contributed by atoms with Gasteiger partial charge < -0.3 is 9.47 Å². The molecular formula is C10H8ClFO4.